The zero-order valence-electron chi connectivity index (χ0n) is 12.1. The zero-order chi connectivity index (χ0) is 13.5. The Kier molecular flexibility index (Phi) is 5.58. The van der Waals surface area contributed by atoms with Crippen LogP contribution in [0.5, 0.6) is 5.88 Å². The zero-order valence-corrected chi connectivity index (χ0v) is 12.1. The maximum Gasteiger partial charge on any atom is 0.233 e. The molecule has 2 unspecified atom stereocenters. The molecular weight excluding hydrogens is 238 g/mol. The van der Waals surface area contributed by atoms with Gasteiger partial charge >= 0.3 is 0 Å². The summed E-state index contributed by atoms with van der Waals surface area (Å²) >= 11 is 0. The third kappa shape index (κ3) is 4.46. The second kappa shape index (κ2) is 7.43. The number of rotatable bonds is 6. The number of aromatic nitrogens is 2. The Morgan fingerprint density at radius 1 is 1.26 bits per heavy atom. The van der Waals surface area contributed by atoms with Crippen molar-refractivity contribution in [3.05, 3.63) is 17.8 Å². The molecule has 1 aliphatic rings. The van der Waals surface area contributed by atoms with Crippen LogP contribution in [-0.4, -0.2) is 22.8 Å². The Morgan fingerprint density at radius 2 is 2.16 bits per heavy atom. The Labute approximate surface area is 116 Å². The van der Waals surface area contributed by atoms with E-state index in [4.69, 9.17) is 4.74 Å². The van der Waals surface area contributed by atoms with Gasteiger partial charge in [-0.3, -0.25) is 0 Å². The molecule has 2 rings (SSSR count). The maximum atomic E-state index is 5.95. The molecule has 0 bridgehead atoms. The molecule has 1 saturated carbocycles. The van der Waals surface area contributed by atoms with E-state index in [-0.39, 0.29) is 0 Å². The fourth-order valence-electron chi connectivity index (χ4n) is 2.65. The van der Waals surface area contributed by atoms with Crippen LogP contribution in [0, 0.1) is 5.92 Å². The lowest BCUT2D eigenvalue weighted by Gasteiger charge is -2.28. The van der Waals surface area contributed by atoms with Gasteiger partial charge < -0.3 is 10.1 Å². The monoisotopic (exact) mass is 263 g/mol. The molecule has 1 N–H and O–H groups in total. The summed E-state index contributed by atoms with van der Waals surface area (Å²) in [6.45, 7) is 6.06. The summed E-state index contributed by atoms with van der Waals surface area (Å²) in [5.41, 5.74) is 0.962. The van der Waals surface area contributed by atoms with E-state index in [1.165, 1.54) is 19.3 Å². The van der Waals surface area contributed by atoms with Crippen molar-refractivity contribution in [3.63, 3.8) is 0 Å². The smallest absolute Gasteiger partial charge is 0.233 e. The van der Waals surface area contributed by atoms with E-state index in [1.54, 1.807) is 0 Å². The fraction of sp³-hybridized carbons (Fsp3) is 0.733. The lowest BCUT2D eigenvalue weighted by atomic mass is 9.85. The molecule has 106 valence electrons. The predicted octanol–water partition coefficient (Wildman–Crippen LogP) is 2.93. The molecule has 1 fully saturated rings. The molecular formula is C15H25N3O. The van der Waals surface area contributed by atoms with Gasteiger partial charge in [0.05, 0.1) is 5.69 Å². The van der Waals surface area contributed by atoms with Crippen molar-refractivity contribution in [2.45, 2.75) is 58.6 Å². The van der Waals surface area contributed by atoms with E-state index in [1.807, 2.05) is 12.1 Å². The highest BCUT2D eigenvalue weighted by Crippen LogP contribution is 2.28. The van der Waals surface area contributed by atoms with Gasteiger partial charge in [0, 0.05) is 12.6 Å². The van der Waals surface area contributed by atoms with Crippen LogP contribution in [-0.2, 0) is 6.54 Å². The Balaban J connectivity index is 1.85. The van der Waals surface area contributed by atoms with E-state index in [0.717, 1.165) is 37.5 Å². The largest absolute Gasteiger partial charge is 0.473 e. The molecule has 0 aromatic carbocycles. The predicted molar refractivity (Wildman–Crippen MR) is 76.1 cm³/mol. The van der Waals surface area contributed by atoms with E-state index in [2.05, 4.69) is 29.4 Å². The Morgan fingerprint density at radius 3 is 2.84 bits per heavy atom. The molecule has 4 nitrogen and oxygen atoms in total. The number of nitrogens with zero attached hydrogens (tertiary/aromatic N) is 2. The van der Waals surface area contributed by atoms with Gasteiger partial charge in [0.1, 0.15) is 6.10 Å². The minimum Gasteiger partial charge on any atom is -0.473 e. The second-order valence-electron chi connectivity index (χ2n) is 5.32. The number of hydrogen-bond acceptors (Lipinski definition) is 4. The van der Waals surface area contributed by atoms with Crippen LogP contribution in [0.4, 0.5) is 0 Å². The first-order chi connectivity index (χ1) is 9.31. The van der Waals surface area contributed by atoms with Crippen LogP contribution in [0.1, 0.15) is 51.6 Å². The molecule has 4 heteroatoms. The highest BCUT2D eigenvalue weighted by atomic mass is 16.5. The van der Waals surface area contributed by atoms with Crippen LogP contribution < -0.4 is 10.1 Å². The molecule has 19 heavy (non-hydrogen) atoms. The summed E-state index contributed by atoms with van der Waals surface area (Å²) in [6.07, 6.45) is 6.52. The molecule has 0 aliphatic heterocycles. The quantitative estimate of drug-likeness (QED) is 0.857. The first-order valence-corrected chi connectivity index (χ1v) is 7.51. The molecule has 1 aromatic heterocycles. The van der Waals surface area contributed by atoms with Gasteiger partial charge in [0.25, 0.3) is 0 Å². The lowest BCUT2D eigenvalue weighted by molar-refractivity contribution is 0.116. The van der Waals surface area contributed by atoms with Gasteiger partial charge in [-0.1, -0.05) is 26.7 Å². The highest BCUT2D eigenvalue weighted by Gasteiger charge is 2.22. The van der Waals surface area contributed by atoms with Crippen molar-refractivity contribution in [1.82, 2.24) is 15.5 Å². The van der Waals surface area contributed by atoms with Crippen molar-refractivity contribution in [2.24, 2.45) is 5.92 Å². The van der Waals surface area contributed by atoms with Crippen LogP contribution in [0.15, 0.2) is 12.1 Å². The third-order valence-corrected chi connectivity index (χ3v) is 3.85. The molecule has 1 heterocycles. The summed E-state index contributed by atoms with van der Waals surface area (Å²) in [5.74, 6) is 1.49. The topological polar surface area (TPSA) is 47.0 Å². The van der Waals surface area contributed by atoms with E-state index in [0.29, 0.717) is 12.0 Å². The van der Waals surface area contributed by atoms with Crippen molar-refractivity contribution >= 4 is 0 Å². The van der Waals surface area contributed by atoms with Gasteiger partial charge in [-0.15, -0.1) is 5.10 Å². The number of nitrogens with one attached hydrogen (secondary N) is 1. The van der Waals surface area contributed by atoms with Gasteiger partial charge in [-0.05, 0) is 37.8 Å². The summed E-state index contributed by atoms with van der Waals surface area (Å²) in [4.78, 5) is 0. The average Bonchev–Trinajstić information content (AvgIpc) is 2.47. The van der Waals surface area contributed by atoms with Gasteiger partial charge in [0.2, 0.25) is 5.88 Å². The average molecular weight is 263 g/mol. The van der Waals surface area contributed by atoms with Crippen LogP contribution in [0.2, 0.25) is 0 Å². The lowest BCUT2D eigenvalue weighted by Crippen LogP contribution is -2.25. The first-order valence-electron chi connectivity index (χ1n) is 7.51. The van der Waals surface area contributed by atoms with E-state index in [9.17, 15) is 0 Å². The first kappa shape index (κ1) is 14.3. The Bertz CT molecular complexity index is 366. The molecule has 1 aliphatic carbocycles. The third-order valence-electron chi connectivity index (χ3n) is 3.85. The molecule has 0 spiro atoms. The maximum absolute atomic E-state index is 5.95. The minimum atomic E-state index is 0.326. The Hall–Kier alpha value is -1.16. The number of hydrogen-bond donors (Lipinski definition) is 1. The van der Waals surface area contributed by atoms with Crippen molar-refractivity contribution in [3.8, 4) is 5.88 Å². The highest BCUT2D eigenvalue weighted by molar-refractivity contribution is 5.11. The van der Waals surface area contributed by atoms with Crippen LogP contribution in [0.3, 0.4) is 0 Å². The van der Waals surface area contributed by atoms with Crippen LogP contribution >= 0.6 is 0 Å². The molecule has 0 radical (unpaired) electrons. The second-order valence-corrected chi connectivity index (χ2v) is 5.32. The SMILES string of the molecule is CCNCc1ccc(OC2CCCC(CC)C2)nn1. The minimum absolute atomic E-state index is 0.326. The summed E-state index contributed by atoms with van der Waals surface area (Å²) < 4.78 is 5.95. The van der Waals surface area contributed by atoms with Crippen molar-refractivity contribution in [2.75, 3.05) is 6.54 Å². The van der Waals surface area contributed by atoms with Crippen molar-refractivity contribution < 1.29 is 4.74 Å². The van der Waals surface area contributed by atoms with Crippen LogP contribution in [0.25, 0.3) is 0 Å². The van der Waals surface area contributed by atoms with E-state index >= 15 is 0 Å². The molecule has 0 amide bonds. The molecule has 1 aromatic rings. The van der Waals surface area contributed by atoms with E-state index < -0.39 is 0 Å². The van der Waals surface area contributed by atoms with Gasteiger partial charge in [0.15, 0.2) is 0 Å². The van der Waals surface area contributed by atoms with Gasteiger partial charge in [-0.25, -0.2) is 0 Å². The summed E-state index contributed by atoms with van der Waals surface area (Å²) in [6, 6.07) is 3.93. The normalized spacial score (nSPS) is 23.3. The number of ether oxygens (including phenoxy) is 1. The molecule has 0 saturated heterocycles. The summed E-state index contributed by atoms with van der Waals surface area (Å²) in [5, 5.41) is 11.6. The fourth-order valence-corrected chi connectivity index (χ4v) is 2.65. The standard InChI is InChI=1S/C15H25N3O/c1-3-12-6-5-7-14(10-12)19-15-9-8-13(17-18-15)11-16-4-2/h8-9,12,14,16H,3-7,10-11H2,1-2H3. The van der Waals surface area contributed by atoms with Gasteiger partial charge in [-0.2, -0.15) is 5.10 Å². The summed E-state index contributed by atoms with van der Waals surface area (Å²) in [7, 11) is 0. The molecule has 2 atom stereocenters. The van der Waals surface area contributed by atoms with Crippen molar-refractivity contribution in [1.29, 1.82) is 0 Å².